The van der Waals surface area contributed by atoms with Crippen LogP contribution in [0.15, 0.2) is 54.7 Å². The van der Waals surface area contributed by atoms with E-state index in [1.165, 1.54) is 13.2 Å². The zero-order chi connectivity index (χ0) is 22.9. The van der Waals surface area contributed by atoms with Crippen molar-refractivity contribution in [1.82, 2.24) is 24.8 Å². The molecule has 0 bridgehead atoms. The summed E-state index contributed by atoms with van der Waals surface area (Å²) in [4.78, 5) is 29.2. The second-order valence-corrected chi connectivity index (χ2v) is 8.16. The summed E-state index contributed by atoms with van der Waals surface area (Å²) in [5.74, 6) is 0.447. The van der Waals surface area contributed by atoms with E-state index in [9.17, 15) is 9.18 Å². The number of carbonyl (C=O) groups is 1. The van der Waals surface area contributed by atoms with Crippen molar-refractivity contribution in [2.75, 3.05) is 40.3 Å². The lowest BCUT2D eigenvalue weighted by Crippen LogP contribution is -2.47. The molecule has 1 saturated heterocycles. The van der Waals surface area contributed by atoms with Gasteiger partial charge < -0.3 is 19.5 Å². The van der Waals surface area contributed by atoms with E-state index in [1.54, 1.807) is 18.3 Å². The van der Waals surface area contributed by atoms with Crippen LogP contribution >= 0.6 is 0 Å². The van der Waals surface area contributed by atoms with Gasteiger partial charge in [-0.15, -0.1) is 0 Å². The number of ether oxygens (including phenoxy) is 1. The molecule has 1 fully saturated rings. The Bertz CT molecular complexity index is 1310. The van der Waals surface area contributed by atoms with Crippen molar-refractivity contribution in [2.45, 2.75) is 0 Å². The molecule has 8 heteroatoms. The number of carbonyl (C=O) groups excluding carboxylic acids is 1. The third kappa shape index (κ3) is 4.05. The number of nitrogens with one attached hydrogen (secondary N) is 1. The summed E-state index contributed by atoms with van der Waals surface area (Å²) < 4.78 is 19.3. The molecule has 33 heavy (non-hydrogen) atoms. The molecule has 0 radical (unpaired) electrons. The molecular weight excluding hydrogens is 421 g/mol. The number of hydrogen-bond donors (Lipinski definition) is 1. The average Bonchev–Trinajstić information content (AvgIpc) is 3.29. The second-order valence-electron chi connectivity index (χ2n) is 8.16. The molecule has 3 heterocycles. The van der Waals surface area contributed by atoms with Gasteiger partial charge in [0.05, 0.1) is 12.6 Å². The summed E-state index contributed by atoms with van der Waals surface area (Å²) in [6.07, 6.45) is 1.65. The predicted molar refractivity (Wildman–Crippen MR) is 125 cm³/mol. The number of aromatic nitrogens is 3. The summed E-state index contributed by atoms with van der Waals surface area (Å²) in [5.41, 5.74) is 4.25. The molecule has 1 N–H and O–H groups in total. The Balaban J connectivity index is 1.43. The Morgan fingerprint density at radius 3 is 2.45 bits per heavy atom. The van der Waals surface area contributed by atoms with E-state index in [1.807, 2.05) is 35.2 Å². The van der Waals surface area contributed by atoms with Gasteiger partial charge in [0.15, 0.2) is 17.2 Å². The largest absolute Gasteiger partial charge is 0.494 e. The smallest absolute Gasteiger partial charge is 0.253 e. The van der Waals surface area contributed by atoms with Gasteiger partial charge in [-0.3, -0.25) is 4.79 Å². The highest BCUT2D eigenvalue weighted by atomic mass is 19.1. The number of halogens is 1. The number of imidazole rings is 1. The van der Waals surface area contributed by atoms with E-state index in [2.05, 4.69) is 26.9 Å². The summed E-state index contributed by atoms with van der Waals surface area (Å²) in [6.45, 7) is 3.24. The number of hydrogen-bond acceptors (Lipinski definition) is 5. The first-order valence-electron chi connectivity index (χ1n) is 10.8. The number of amides is 1. The zero-order valence-corrected chi connectivity index (χ0v) is 18.5. The number of rotatable bonds is 4. The Hall–Kier alpha value is -3.78. The van der Waals surface area contributed by atoms with Crippen molar-refractivity contribution in [2.24, 2.45) is 0 Å². The van der Waals surface area contributed by atoms with Crippen LogP contribution in [0.4, 0.5) is 4.39 Å². The van der Waals surface area contributed by atoms with Crippen LogP contribution in [0.2, 0.25) is 0 Å². The molecule has 4 aromatic rings. The molecule has 168 valence electrons. The molecule has 2 aromatic heterocycles. The van der Waals surface area contributed by atoms with Gasteiger partial charge in [0.2, 0.25) is 0 Å². The fraction of sp³-hybridized carbons (Fsp3) is 0.240. The molecule has 5 rings (SSSR count). The number of nitrogens with zero attached hydrogens (tertiary/aromatic N) is 4. The van der Waals surface area contributed by atoms with Gasteiger partial charge in [-0.25, -0.2) is 14.4 Å². The fourth-order valence-corrected chi connectivity index (χ4v) is 4.08. The van der Waals surface area contributed by atoms with Crippen LogP contribution in [0, 0.1) is 5.82 Å². The molecule has 0 saturated carbocycles. The average molecular weight is 445 g/mol. The summed E-state index contributed by atoms with van der Waals surface area (Å²) in [5, 5.41) is 0. The normalized spacial score (nSPS) is 14.6. The zero-order valence-electron chi connectivity index (χ0n) is 18.5. The number of fused-ring (bicyclic) bond motifs is 1. The van der Waals surface area contributed by atoms with Crippen molar-refractivity contribution >= 4 is 17.1 Å². The predicted octanol–water partition coefficient (Wildman–Crippen LogP) is 3.83. The molecule has 2 aromatic carbocycles. The Morgan fingerprint density at radius 1 is 1.03 bits per heavy atom. The highest BCUT2D eigenvalue weighted by molar-refractivity contribution is 5.95. The van der Waals surface area contributed by atoms with Crippen LogP contribution < -0.4 is 4.74 Å². The number of piperazine rings is 1. The Labute approximate surface area is 190 Å². The van der Waals surface area contributed by atoms with Crippen LogP contribution in [-0.2, 0) is 0 Å². The summed E-state index contributed by atoms with van der Waals surface area (Å²) >= 11 is 0. The van der Waals surface area contributed by atoms with Gasteiger partial charge in [-0.05, 0) is 42.9 Å². The quantitative estimate of drug-likeness (QED) is 0.517. The lowest BCUT2D eigenvalue weighted by molar-refractivity contribution is 0.0664. The van der Waals surface area contributed by atoms with Gasteiger partial charge >= 0.3 is 0 Å². The van der Waals surface area contributed by atoms with Crippen molar-refractivity contribution in [1.29, 1.82) is 0 Å². The summed E-state index contributed by atoms with van der Waals surface area (Å²) in [6, 6.07) is 14.1. The molecule has 1 amide bonds. The summed E-state index contributed by atoms with van der Waals surface area (Å²) in [7, 11) is 3.50. The lowest BCUT2D eigenvalue weighted by atomic mass is 10.1. The van der Waals surface area contributed by atoms with Gasteiger partial charge in [0, 0.05) is 49.1 Å². The topological polar surface area (TPSA) is 74.4 Å². The van der Waals surface area contributed by atoms with Gasteiger partial charge in [0.25, 0.3) is 5.91 Å². The van der Waals surface area contributed by atoms with Crippen molar-refractivity contribution in [3.63, 3.8) is 0 Å². The maximum Gasteiger partial charge on any atom is 0.253 e. The first kappa shape index (κ1) is 21.1. The highest BCUT2D eigenvalue weighted by Gasteiger charge is 2.20. The first-order chi connectivity index (χ1) is 16.0. The van der Waals surface area contributed by atoms with Crippen LogP contribution in [0.1, 0.15) is 10.4 Å². The minimum atomic E-state index is -0.430. The van der Waals surface area contributed by atoms with Crippen molar-refractivity contribution < 1.29 is 13.9 Å². The van der Waals surface area contributed by atoms with E-state index in [0.29, 0.717) is 22.6 Å². The Kier molecular flexibility index (Phi) is 5.51. The molecule has 1 aliphatic heterocycles. The van der Waals surface area contributed by atoms with Crippen LogP contribution in [0.25, 0.3) is 33.7 Å². The molecular formula is C25H24FN5O2. The maximum absolute atomic E-state index is 14.3. The third-order valence-corrected chi connectivity index (χ3v) is 6.05. The lowest BCUT2D eigenvalue weighted by Gasteiger charge is -2.32. The van der Waals surface area contributed by atoms with Crippen LogP contribution in [0.5, 0.6) is 5.75 Å². The van der Waals surface area contributed by atoms with E-state index >= 15 is 0 Å². The van der Waals surface area contributed by atoms with Gasteiger partial charge in [0.1, 0.15) is 5.82 Å². The standard InChI is InChI=1S/C25H24FN5O2/c1-30-11-13-31(14-12-30)25(32)17-5-3-16(4-6-17)23-28-22-19(9-10-27-24(22)29-23)18-7-8-21(33-2)20(26)15-18/h3-10,15H,11-14H2,1-2H3,(H,27,28,29). The number of likely N-dealkylation sites (N-methyl/N-ethyl adjacent to an activating group) is 1. The molecule has 1 aliphatic rings. The number of benzene rings is 2. The molecule has 0 spiro atoms. The van der Waals surface area contributed by atoms with Crippen LogP contribution in [-0.4, -0.2) is 71.0 Å². The van der Waals surface area contributed by atoms with E-state index < -0.39 is 5.82 Å². The Morgan fingerprint density at radius 2 is 1.76 bits per heavy atom. The van der Waals surface area contributed by atoms with Crippen molar-refractivity contribution in [3.05, 3.63) is 66.1 Å². The van der Waals surface area contributed by atoms with E-state index in [0.717, 1.165) is 42.8 Å². The number of methoxy groups -OCH3 is 1. The van der Waals surface area contributed by atoms with E-state index in [-0.39, 0.29) is 11.7 Å². The fourth-order valence-electron chi connectivity index (χ4n) is 4.08. The number of H-pyrrole nitrogens is 1. The third-order valence-electron chi connectivity index (χ3n) is 6.05. The molecule has 0 aliphatic carbocycles. The van der Waals surface area contributed by atoms with Gasteiger partial charge in [-0.1, -0.05) is 18.2 Å². The monoisotopic (exact) mass is 445 g/mol. The maximum atomic E-state index is 14.3. The SMILES string of the molecule is COc1ccc(-c2ccnc3nc(-c4ccc(C(=O)N5CCN(C)CC5)cc4)[nH]c23)cc1F. The molecule has 0 atom stereocenters. The van der Waals surface area contributed by atoms with Crippen molar-refractivity contribution in [3.8, 4) is 28.3 Å². The molecule has 0 unspecified atom stereocenters. The first-order valence-corrected chi connectivity index (χ1v) is 10.8. The van der Waals surface area contributed by atoms with E-state index in [4.69, 9.17) is 4.74 Å². The second kappa shape index (κ2) is 8.63. The molecule has 7 nitrogen and oxygen atoms in total. The number of pyridine rings is 1. The van der Waals surface area contributed by atoms with Crippen LogP contribution in [0.3, 0.4) is 0 Å². The van der Waals surface area contributed by atoms with Gasteiger partial charge in [-0.2, -0.15) is 0 Å². The minimum Gasteiger partial charge on any atom is -0.494 e. The highest BCUT2D eigenvalue weighted by Crippen LogP contribution is 2.31. The number of aromatic amines is 1. The minimum absolute atomic E-state index is 0.0461.